The number of thioether (sulfide) groups is 1. The molecule has 128 valence electrons. The predicted octanol–water partition coefficient (Wildman–Crippen LogP) is 3.87. The lowest BCUT2D eigenvalue weighted by Crippen LogP contribution is -2.11. The van der Waals surface area contributed by atoms with Crippen molar-refractivity contribution < 1.29 is 4.42 Å². The molecule has 0 amide bonds. The van der Waals surface area contributed by atoms with Crippen molar-refractivity contribution in [2.75, 3.05) is 0 Å². The molecule has 0 radical (unpaired) electrons. The van der Waals surface area contributed by atoms with Crippen molar-refractivity contribution in [3.63, 3.8) is 0 Å². The van der Waals surface area contributed by atoms with Crippen LogP contribution in [0.1, 0.15) is 42.5 Å². The number of thiophene rings is 1. The van der Waals surface area contributed by atoms with Gasteiger partial charge in [-0.05, 0) is 24.8 Å². The van der Waals surface area contributed by atoms with Crippen LogP contribution in [0.4, 0.5) is 0 Å². The van der Waals surface area contributed by atoms with Crippen LogP contribution in [0.15, 0.2) is 14.4 Å². The Balaban J connectivity index is 1.89. The number of hydrogen-bond acceptors (Lipinski definition) is 7. The molecule has 3 rings (SSSR count). The zero-order chi connectivity index (χ0) is 17.3. The largest absolute Gasteiger partial charge is 0.425 e. The Kier molecular flexibility index (Phi) is 5.05. The molecule has 0 fully saturated rings. The lowest BCUT2D eigenvalue weighted by molar-refractivity contribution is 0.485. The van der Waals surface area contributed by atoms with Gasteiger partial charge in [0, 0.05) is 11.8 Å². The lowest BCUT2D eigenvalue weighted by atomic mass is 9.98. The van der Waals surface area contributed by atoms with E-state index in [1.54, 1.807) is 18.3 Å². The molecule has 1 N–H and O–H groups in total. The molecule has 0 spiro atoms. The molecule has 3 aromatic rings. The van der Waals surface area contributed by atoms with Crippen LogP contribution in [0.2, 0.25) is 0 Å². The number of nitrogens with one attached hydrogen (secondary N) is 1. The van der Waals surface area contributed by atoms with Crippen LogP contribution in [-0.4, -0.2) is 20.2 Å². The number of fused-ring (bicyclic) bond motifs is 1. The third-order valence-corrected chi connectivity index (χ3v) is 5.89. The summed E-state index contributed by atoms with van der Waals surface area (Å²) >= 11 is 2.98. The first-order valence-electron chi connectivity index (χ1n) is 7.92. The molecule has 0 unspecified atom stereocenters. The van der Waals surface area contributed by atoms with Crippen LogP contribution in [0, 0.1) is 19.8 Å². The molecule has 3 aromatic heterocycles. The Morgan fingerprint density at radius 2 is 2.12 bits per heavy atom. The fourth-order valence-corrected chi connectivity index (χ4v) is 4.30. The summed E-state index contributed by atoms with van der Waals surface area (Å²) in [5.41, 5.74) is 1.08. The molecule has 3 heterocycles. The Hall–Kier alpha value is -1.67. The van der Waals surface area contributed by atoms with Crippen molar-refractivity contribution in [2.24, 2.45) is 5.92 Å². The van der Waals surface area contributed by atoms with Crippen LogP contribution in [0.5, 0.6) is 0 Å². The first-order chi connectivity index (χ1) is 11.5. The maximum atomic E-state index is 12.6. The summed E-state index contributed by atoms with van der Waals surface area (Å²) < 4.78 is 5.34. The summed E-state index contributed by atoms with van der Waals surface area (Å²) in [6.45, 7) is 8.20. The molecule has 24 heavy (non-hydrogen) atoms. The van der Waals surface area contributed by atoms with Gasteiger partial charge in [0.05, 0.1) is 11.1 Å². The van der Waals surface area contributed by atoms with E-state index in [0.29, 0.717) is 28.6 Å². The molecule has 0 aromatic carbocycles. The minimum Gasteiger partial charge on any atom is -0.425 e. The highest BCUT2D eigenvalue weighted by atomic mass is 32.2. The van der Waals surface area contributed by atoms with Gasteiger partial charge in [0.2, 0.25) is 11.8 Å². The zero-order valence-corrected chi connectivity index (χ0v) is 15.8. The average molecular weight is 364 g/mol. The van der Waals surface area contributed by atoms with E-state index < -0.39 is 0 Å². The zero-order valence-electron chi connectivity index (χ0n) is 14.2. The lowest BCUT2D eigenvalue weighted by Gasteiger charge is -2.08. The molecule has 0 aliphatic rings. The van der Waals surface area contributed by atoms with Crippen LogP contribution < -0.4 is 5.56 Å². The summed E-state index contributed by atoms with van der Waals surface area (Å²) in [6.07, 6.45) is 2.01. The van der Waals surface area contributed by atoms with Crippen LogP contribution >= 0.6 is 23.1 Å². The molecule has 0 aliphatic heterocycles. The van der Waals surface area contributed by atoms with E-state index in [0.717, 1.165) is 28.6 Å². The van der Waals surface area contributed by atoms with Gasteiger partial charge in [0.25, 0.3) is 5.56 Å². The minimum absolute atomic E-state index is 0.0631. The molecule has 0 bridgehead atoms. The van der Waals surface area contributed by atoms with Crippen LogP contribution in [-0.2, 0) is 12.2 Å². The first-order valence-corrected chi connectivity index (χ1v) is 9.72. The monoisotopic (exact) mass is 364 g/mol. The van der Waals surface area contributed by atoms with Gasteiger partial charge in [-0.25, -0.2) is 4.98 Å². The van der Waals surface area contributed by atoms with E-state index in [2.05, 4.69) is 40.9 Å². The van der Waals surface area contributed by atoms with Crippen molar-refractivity contribution >= 4 is 33.3 Å². The number of H-pyrrole nitrogens is 1. The Morgan fingerprint density at radius 1 is 1.33 bits per heavy atom. The normalized spacial score (nSPS) is 12.8. The van der Waals surface area contributed by atoms with Gasteiger partial charge in [-0.15, -0.1) is 21.5 Å². The molecule has 0 aliphatic carbocycles. The van der Waals surface area contributed by atoms with Gasteiger partial charge < -0.3 is 9.40 Å². The van der Waals surface area contributed by atoms with Gasteiger partial charge in [0.15, 0.2) is 5.16 Å². The summed E-state index contributed by atoms with van der Waals surface area (Å²) in [4.78, 5) is 22.0. The van der Waals surface area contributed by atoms with E-state index in [1.807, 2.05) is 0 Å². The summed E-state index contributed by atoms with van der Waals surface area (Å²) in [6, 6.07) is 0. The van der Waals surface area contributed by atoms with E-state index in [4.69, 9.17) is 4.42 Å². The molecule has 0 saturated heterocycles. The average Bonchev–Trinajstić information content (AvgIpc) is 3.09. The quantitative estimate of drug-likeness (QED) is 0.528. The number of nitrogens with zero attached hydrogens (tertiary/aromatic N) is 3. The van der Waals surface area contributed by atoms with Gasteiger partial charge in [-0.3, -0.25) is 4.79 Å². The fourth-order valence-electron chi connectivity index (χ4n) is 2.49. The third-order valence-electron chi connectivity index (χ3n) is 3.99. The molecule has 8 heteroatoms. The van der Waals surface area contributed by atoms with Crippen molar-refractivity contribution in [2.45, 2.75) is 51.4 Å². The molecule has 0 saturated carbocycles. The van der Waals surface area contributed by atoms with Crippen LogP contribution in [0.3, 0.4) is 0 Å². The highest BCUT2D eigenvalue weighted by Crippen LogP contribution is 2.31. The fraction of sp³-hybridized carbons (Fsp3) is 0.500. The van der Waals surface area contributed by atoms with E-state index >= 15 is 0 Å². The van der Waals surface area contributed by atoms with E-state index in [9.17, 15) is 4.79 Å². The molecule has 1 atom stereocenters. The van der Waals surface area contributed by atoms with Gasteiger partial charge in [-0.1, -0.05) is 32.0 Å². The number of aromatic amines is 1. The van der Waals surface area contributed by atoms with Crippen molar-refractivity contribution in [1.29, 1.82) is 0 Å². The first kappa shape index (κ1) is 17.2. The second-order valence-corrected chi connectivity index (χ2v) is 8.08. The molecule has 6 nitrogen and oxygen atoms in total. The van der Waals surface area contributed by atoms with Gasteiger partial charge in [-0.2, -0.15) is 0 Å². The Labute approximate surface area is 148 Å². The van der Waals surface area contributed by atoms with E-state index in [1.165, 1.54) is 16.6 Å². The summed E-state index contributed by atoms with van der Waals surface area (Å²) in [5.74, 6) is 2.10. The number of aromatic nitrogens is 4. The van der Waals surface area contributed by atoms with Crippen molar-refractivity contribution in [1.82, 2.24) is 20.2 Å². The predicted molar refractivity (Wildman–Crippen MR) is 96.7 cm³/mol. The van der Waals surface area contributed by atoms with Crippen LogP contribution in [0.25, 0.3) is 10.2 Å². The molecular formula is C16H20N4O2S2. The second kappa shape index (κ2) is 7.06. The topological polar surface area (TPSA) is 84.7 Å². The summed E-state index contributed by atoms with van der Waals surface area (Å²) in [7, 11) is 0. The SMILES string of the molecule is CC[C@@H](C)Cc1c(C)sc2nc(SCc3nnc(C)o3)[nH]c(=O)c12. The number of hydrogen-bond donors (Lipinski definition) is 1. The smallest absolute Gasteiger partial charge is 0.260 e. The standard InChI is InChI=1S/C16H20N4O2S2/c1-5-8(2)6-11-9(3)24-15-13(11)14(21)17-16(18-15)23-7-12-20-19-10(4)22-12/h8H,5-7H2,1-4H3,(H,17,18,21)/t8-/m1/s1. The second-order valence-electron chi connectivity index (χ2n) is 5.91. The Morgan fingerprint density at radius 3 is 2.79 bits per heavy atom. The Bertz CT molecular complexity index is 913. The molecular weight excluding hydrogens is 344 g/mol. The van der Waals surface area contributed by atoms with Crippen molar-refractivity contribution in [3.05, 3.63) is 32.6 Å². The van der Waals surface area contributed by atoms with Gasteiger partial charge >= 0.3 is 0 Å². The maximum absolute atomic E-state index is 12.6. The third kappa shape index (κ3) is 3.54. The summed E-state index contributed by atoms with van der Waals surface area (Å²) in [5, 5.41) is 9.08. The number of rotatable bonds is 6. The number of aryl methyl sites for hydroxylation is 2. The van der Waals surface area contributed by atoms with Crippen molar-refractivity contribution in [3.8, 4) is 0 Å². The van der Waals surface area contributed by atoms with Gasteiger partial charge in [0.1, 0.15) is 4.83 Å². The maximum Gasteiger partial charge on any atom is 0.260 e. The minimum atomic E-state index is -0.0631. The highest BCUT2D eigenvalue weighted by Gasteiger charge is 2.17. The van der Waals surface area contributed by atoms with E-state index in [-0.39, 0.29) is 5.56 Å². The highest BCUT2D eigenvalue weighted by molar-refractivity contribution is 7.98.